The monoisotopic (exact) mass is 516 g/mol. The van der Waals surface area contributed by atoms with Gasteiger partial charge in [0.25, 0.3) is 0 Å². The fourth-order valence-corrected chi connectivity index (χ4v) is 4.79. The van der Waals surface area contributed by atoms with E-state index in [1.165, 1.54) is 4.68 Å². The summed E-state index contributed by atoms with van der Waals surface area (Å²) in [6, 6.07) is 5.58. The van der Waals surface area contributed by atoms with E-state index in [1.54, 1.807) is 19.6 Å². The predicted octanol–water partition coefficient (Wildman–Crippen LogP) is 4.13. The molecule has 3 aromatic heterocycles. The third-order valence-electron chi connectivity index (χ3n) is 6.59. The molecule has 0 spiro atoms. The zero-order valence-corrected chi connectivity index (χ0v) is 19.9. The van der Waals surface area contributed by atoms with Gasteiger partial charge in [0.2, 0.25) is 11.7 Å². The van der Waals surface area contributed by atoms with E-state index in [0.717, 1.165) is 35.3 Å². The summed E-state index contributed by atoms with van der Waals surface area (Å²) >= 11 is 0. The van der Waals surface area contributed by atoms with E-state index >= 15 is 0 Å². The summed E-state index contributed by atoms with van der Waals surface area (Å²) in [6.07, 6.45) is 0.784. The van der Waals surface area contributed by atoms with Gasteiger partial charge < -0.3 is 18.6 Å². The summed E-state index contributed by atoms with van der Waals surface area (Å²) in [5.41, 5.74) is 4.42. The zero-order valence-electron chi connectivity index (χ0n) is 19.9. The Morgan fingerprint density at radius 3 is 2.78 bits per heavy atom. The van der Waals surface area contributed by atoms with Gasteiger partial charge >= 0.3 is 6.36 Å². The number of imidazole rings is 1. The molecule has 1 fully saturated rings. The number of nitrogens with zero attached hydrogens (tertiary/aromatic N) is 6. The molecule has 6 rings (SSSR count). The lowest BCUT2D eigenvalue weighted by Gasteiger charge is -2.17. The van der Waals surface area contributed by atoms with E-state index in [2.05, 4.69) is 25.0 Å². The Morgan fingerprint density at radius 2 is 2.00 bits per heavy atom. The number of halogens is 3. The molecule has 37 heavy (non-hydrogen) atoms. The minimum Gasteiger partial charge on any atom is -0.497 e. The van der Waals surface area contributed by atoms with Crippen LogP contribution in [0.5, 0.6) is 5.75 Å². The molecule has 0 N–H and O–H groups in total. The molecule has 1 aromatic carbocycles. The Bertz CT molecular complexity index is 1420. The Labute approximate surface area is 209 Å². The first kappa shape index (κ1) is 23.7. The zero-order chi connectivity index (χ0) is 25.6. The molecule has 0 radical (unpaired) electrons. The van der Waals surface area contributed by atoms with Crippen molar-refractivity contribution in [2.45, 2.75) is 38.1 Å². The highest BCUT2D eigenvalue weighted by molar-refractivity contribution is 5.77. The number of benzene rings is 1. The molecule has 0 saturated carbocycles. The molecule has 0 atom stereocenters. The Balaban J connectivity index is 1.39. The lowest BCUT2D eigenvalue weighted by molar-refractivity contribution is -0.325. The van der Waals surface area contributed by atoms with Crippen LogP contribution < -0.4 is 4.74 Å². The standard InChI is InChI=1S/C24H23F3N6O4/c1-34-16-2-3-18-17(11-16)20-15(12-32(30-20)6-9-36-24(25,26)27)10-19-21(28-13-33(18)19)22-29-23(37-31-22)14-4-7-35-8-5-14/h2-3,11-14H,4-10H2,1H3. The molecule has 10 nitrogen and oxygen atoms in total. The number of fused-ring (bicyclic) bond motifs is 5. The van der Waals surface area contributed by atoms with Gasteiger partial charge in [-0.3, -0.25) is 9.42 Å². The molecular formula is C24H23F3N6O4. The van der Waals surface area contributed by atoms with Crippen LogP contribution in [0.4, 0.5) is 13.2 Å². The average molecular weight is 516 g/mol. The van der Waals surface area contributed by atoms with Crippen LogP contribution in [-0.2, 0) is 22.4 Å². The minimum atomic E-state index is -4.69. The van der Waals surface area contributed by atoms with E-state index < -0.39 is 13.0 Å². The first-order chi connectivity index (χ1) is 17.9. The van der Waals surface area contributed by atoms with Gasteiger partial charge in [0.05, 0.1) is 37.3 Å². The van der Waals surface area contributed by atoms with E-state index in [1.807, 2.05) is 22.8 Å². The second kappa shape index (κ2) is 9.30. The highest BCUT2D eigenvalue weighted by atomic mass is 19.4. The molecule has 0 aliphatic carbocycles. The molecule has 2 aliphatic rings. The molecular weight excluding hydrogens is 493 g/mol. The third-order valence-corrected chi connectivity index (χ3v) is 6.59. The van der Waals surface area contributed by atoms with Gasteiger partial charge in [-0.05, 0) is 31.0 Å². The van der Waals surface area contributed by atoms with Crippen LogP contribution in [0.2, 0.25) is 0 Å². The number of alkyl halides is 3. The number of methoxy groups -OCH3 is 1. The van der Waals surface area contributed by atoms with Crippen LogP contribution in [0.25, 0.3) is 28.5 Å². The van der Waals surface area contributed by atoms with E-state index in [4.69, 9.17) is 14.0 Å². The maximum absolute atomic E-state index is 12.5. The largest absolute Gasteiger partial charge is 0.522 e. The second-order valence-electron chi connectivity index (χ2n) is 8.87. The van der Waals surface area contributed by atoms with Gasteiger partial charge in [0.15, 0.2) is 0 Å². The SMILES string of the molecule is COc1ccc2c(c1)-c1nn(CCOC(F)(F)F)cc1Cc1c(-c3noc(C4CCOCC4)n3)ncn1-2. The van der Waals surface area contributed by atoms with E-state index in [-0.39, 0.29) is 12.5 Å². The van der Waals surface area contributed by atoms with Crippen molar-refractivity contribution in [1.82, 2.24) is 29.5 Å². The number of aromatic nitrogens is 6. The lowest BCUT2D eigenvalue weighted by Crippen LogP contribution is -2.17. The molecule has 1 saturated heterocycles. The first-order valence-corrected chi connectivity index (χ1v) is 11.8. The summed E-state index contributed by atoms with van der Waals surface area (Å²) < 4.78 is 61.2. The van der Waals surface area contributed by atoms with E-state index in [0.29, 0.717) is 48.5 Å². The van der Waals surface area contributed by atoms with Crippen LogP contribution in [0, 0.1) is 0 Å². The molecule has 5 heterocycles. The normalized spacial score (nSPS) is 15.7. The van der Waals surface area contributed by atoms with Gasteiger partial charge in [-0.25, -0.2) is 4.98 Å². The quantitative estimate of drug-likeness (QED) is 0.332. The molecule has 13 heteroatoms. The van der Waals surface area contributed by atoms with Gasteiger partial charge in [0.1, 0.15) is 17.8 Å². The van der Waals surface area contributed by atoms with Crippen molar-refractivity contribution in [3.05, 3.63) is 47.9 Å². The molecule has 0 amide bonds. The maximum Gasteiger partial charge on any atom is 0.522 e. The van der Waals surface area contributed by atoms with Crippen molar-refractivity contribution < 1.29 is 31.9 Å². The number of hydrogen-bond acceptors (Lipinski definition) is 8. The van der Waals surface area contributed by atoms with Gasteiger partial charge in [-0.2, -0.15) is 10.1 Å². The number of rotatable bonds is 6. The summed E-state index contributed by atoms with van der Waals surface area (Å²) in [5.74, 6) is 1.73. The Morgan fingerprint density at radius 1 is 1.16 bits per heavy atom. The van der Waals surface area contributed by atoms with Crippen molar-refractivity contribution in [3.8, 4) is 34.2 Å². The Hall–Kier alpha value is -3.71. The van der Waals surface area contributed by atoms with Crippen molar-refractivity contribution in [1.29, 1.82) is 0 Å². The Kier molecular flexibility index (Phi) is 5.95. The van der Waals surface area contributed by atoms with Crippen LogP contribution >= 0.6 is 0 Å². The fourth-order valence-electron chi connectivity index (χ4n) is 4.79. The van der Waals surface area contributed by atoms with E-state index in [9.17, 15) is 13.2 Å². The summed E-state index contributed by atoms with van der Waals surface area (Å²) in [4.78, 5) is 9.27. The molecule has 0 unspecified atom stereocenters. The third kappa shape index (κ3) is 4.60. The highest BCUT2D eigenvalue weighted by Crippen LogP contribution is 2.39. The summed E-state index contributed by atoms with van der Waals surface area (Å²) in [5, 5.41) is 8.81. The van der Waals surface area contributed by atoms with Crippen molar-refractivity contribution in [2.24, 2.45) is 0 Å². The number of hydrogen-bond donors (Lipinski definition) is 0. The van der Waals surface area contributed by atoms with Crippen LogP contribution in [0.15, 0.2) is 35.2 Å². The van der Waals surface area contributed by atoms with Gasteiger partial charge in [-0.1, -0.05) is 5.16 Å². The smallest absolute Gasteiger partial charge is 0.497 e. The van der Waals surface area contributed by atoms with Crippen LogP contribution in [0.1, 0.15) is 35.9 Å². The number of ether oxygens (including phenoxy) is 3. The van der Waals surface area contributed by atoms with Crippen LogP contribution in [-0.4, -0.2) is 62.8 Å². The minimum absolute atomic E-state index is 0.0583. The summed E-state index contributed by atoms with van der Waals surface area (Å²) in [6.45, 7) is 0.708. The molecule has 194 valence electrons. The first-order valence-electron chi connectivity index (χ1n) is 11.8. The van der Waals surface area contributed by atoms with Crippen molar-refractivity contribution in [2.75, 3.05) is 26.9 Å². The molecule has 0 bridgehead atoms. The van der Waals surface area contributed by atoms with Gasteiger partial charge in [-0.15, -0.1) is 13.2 Å². The average Bonchev–Trinajstić information content (AvgIpc) is 3.61. The molecule has 4 aromatic rings. The fraction of sp³-hybridized carbons (Fsp3) is 0.417. The van der Waals surface area contributed by atoms with Crippen molar-refractivity contribution in [3.63, 3.8) is 0 Å². The highest BCUT2D eigenvalue weighted by Gasteiger charge is 2.30. The molecule has 2 aliphatic heterocycles. The lowest BCUT2D eigenvalue weighted by atomic mass is 10.0. The van der Waals surface area contributed by atoms with Gasteiger partial charge in [0, 0.05) is 42.9 Å². The van der Waals surface area contributed by atoms with Crippen molar-refractivity contribution >= 4 is 0 Å². The second-order valence-corrected chi connectivity index (χ2v) is 8.87. The summed E-state index contributed by atoms with van der Waals surface area (Å²) in [7, 11) is 1.57. The maximum atomic E-state index is 12.5. The van der Waals surface area contributed by atoms with Crippen LogP contribution in [0.3, 0.4) is 0 Å². The predicted molar refractivity (Wildman–Crippen MR) is 122 cm³/mol. The topological polar surface area (TPSA) is 102 Å².